The highest BCUT2D eigenvalue weighted by Gasteiger charge is 2.39. The molecule has 0 spiro atoms. The highest BCUT2D eigenvalue weighted by molar-refractivity contribution is 5.44. The van der Waals surface area contributed by atoms with E-state index in [4.69, 9.17) is 9.47 Å². The minimum atomic E-state index is -1.46. The van der Waals surface area contributed by atoms with Crippen molar-refractivity contribution in [2.75, 3.05) is 6.61 Å². The molecule has 4 atom stereocenters. The number of hydrogen-bond donors (Lipinski definition) is 5. The van der Waals surface area contributed by atoms with Crippen LogP contribution in [0.1, 0.15) is 0 Å². The van der Waals surface area contributed by atoms with Crippen molar-refractivity contribution in [1.82, 2.24) is 0 Å². The van der Waals surface area contributed by atoms with Crippen LogP contribution >= 0.6 is 0 Å². The summed E-state index contributed by atoms with van der Waals surface area (Å²) in [6.45, 7) is -0.206. The van der Waals surface area contributed by atoms with E-state index in [0.717, 1.165) is 6.07 Å². The molecule has 0 aliphatic carbocycles. The Balaban J connectivity index is 2.11. The monoisotopic (exact) mass is 258 g/mol. The second-order valence-corrected chi connectivity index (χ2v) is 4.02. The van der Waals surface area contributed by atoms with Crippen LogP contribution in [0.25, 0.3) is 0 Å². The maximum absolute atomic E-state index is 9.63. The molecule has 1 fully saturated rings. The maximum Gasteiger partial charge on any atom is 0.229 e. The minimum absolute atomic E-state index is 0.0948. The number of ether oxygens (including phenoxy) is 2. The van der Waals surface area contributed by atoms with Crippen LogP contribution in [0.15, 0.2) is 18.2 Å². The van der Waals surface area contributed by atoms with E-state index in [1.807, 2.05) is 0 Å². The van der Waals surface area contributed by atoms with Crippen molar-refractivity contribution in [1.29, 1.82) is 0 Å². The number of hydrogen-bond acceptors (Lipinski definition) is 7. The summed E-state index contributed by atoms with van der Waals surface area (Å²) in [5, 5.41) is 47.1. The number of aromatic hydroxyl groups is 2. The molecule has 7 heteroatoms. The van der Waals surface area contributed by atoms with E-state index < -0.39 is 24.6 Å². The lowest BCUT2D eigenvalue weighted by molar-refractivity contribution is -0.242. The van der Waals surface area contributed by atoms with Gasteiger partial charge in [0.25, 0.3) is 0 Å². The molecule has 18 heavy (non-hydrogen) atoms. The Kier molecular flexibility index (Phi) is 3.58. The van der Waals surface area contributed by atoms with Gasteiger partial charge in [-0.05, 0) is 12.1 Å². The van der Waals surface area contributed by atoms with E-state index in [9.17, 15) is 25.5 Å². The third-order valence-corrected chi connectivity index (χ3v) is 2.64. The van der Waals surface area contributed by atoms with Gasteiger partial charge >= 0.3 is 0 Å². The fourth-order valence-corrected chi connectivity index (χ4v) is 1.61. The summed E-state index contributed by atoms with van der Waals surface area (Å²) in [5.74, 6) is -0.472. The smallest absolute Gasteiger partial charge is 0.229 e. The van der Waals surface area contributed by atoms with Gasteiger partial charge in [0.05, 0.1) is 6.61 Å². The second kappa shape index (κ2) is 4.99. The fraction of sp³-hybridized carbons (Fsp3) is 0.455. The highest BCUT2D eigenvalue weighted by atomic mass is 16.7. The van der Waals surface area contributed by atoms with Crippen molar-refractivity contribution in [2.45, 2.75) is 24.6 Å². The van der Waals surface area contributed by atoms with Crippen molar-refractivity contribution in [3.63, 3.8) is 0 Å². The summed E-state index contributed by atoms with van der Waals surface area (Å²) < 4.78 is 10.1. The van der Waals surface area contributed by atoms with Crippen LogP contribution in [0.5, 0.6) is 17.2 Å². The second-order valence-electron chi connectivity index (χ2n) is 4.02. The van der Waals surface area contributed by atoms with Gasteiger partial charge < -0.3 is 35.0 Å². The Hall–Kier alpha value is -1.54. The lowest BCUT2D eigenvalue weighted by Gasteiger charge is -2.34. The molecule has 1 heterocycles. The molecule has 0 bridgehead atoms. The summed E-state index contributed by atoms with van der Waals surface area (Å²) in [4.78, 5) is 0. The number of phenols is 2. The molecule has 0 saturated carbocycles. The number of aliphatic hydroxyl groups excluding tert-OH is 3. The fourth-order valence-electron chi connectivity index (χ4n) is 1.61. The third kappa shape index (κ3) is 2.49. The number of phenolic OH excluding ortho intramolecular Hbond substituents is 2. The Morgan fingerprint density at radius 3 is 2.56 bits per heavy atom. The van der Waals surface area contributed by atoms with Gasteiger partial charge in [-0.2, -0.15) is 0 Å². The molecule has 5 N–H and O–H groups in total. The number of rotatable bonds is 2. The third-order valence-electron chi connectivity index (χ3n) is 2.64. The lowest BCUT2D eigenvalue weighted by atomic mass is 10.1. The van der Waals surface area contributed by atoms with E-state index in [1.165, 1.54) is 12.1 Å². The maximum atomic E-state index is 9.63. The van der Waals surface area contributed by atoms with E-state index in [1.54, 1.807) is 0 Å². The van der Waals surface area contributed by atoms with Crippen molar-refractivity contribution >= 4 is 0 Å². The van der Waals surface area contributed by atoms with Gasteiger partial charge in [0, 0.05) is 6.07 Å². The van der Waals surface area contributed by atoms with E-state index in [0.29, 0.717) is 0 Å². The molecule has 1 aromatic rings. The van der Waals surface area contributed by atoms with E-state index in [2.05, 4.69) is 0 Å². The summed E-state index contributed by atoms with van der Waals surface area (Å²) in [6, 6.07) is 3.62. The first kappa shape index (κ1) is 12.9. The minimum Gasteiger partial charge on any atom is -0.508 e. The first-order valence-corrected chi connectivity index (χ1v) is 5.33. The van der Waals surface area contributed by atoms with Crippen LogP contribution < -0.4 is 4.74 Å². The molecule has 0 radical (unpaired) electrons. The van der Waals surface area contributed by atoms with Gasteiger partial charge in [0.15, 0.2) is 11.5 Å². The summed E-state index contributed by atoms with van der Waals surface area (Å²) in [7, 11) is 0. The molecule has 100 valence electrons. The summed E-state index contributed by atoms with van der Waals surface area (Å²) >= 11 is 0. The molecule has 2 rings (SSSR count). The van der Waals surface area contributed by atoms with Crippen molar-refractivity contribution < 1.29 is 35.0 Å². The van der Waals surface area contributed by atoms with Gasteiger partial charge in [0.1, 0.15) is 24.1 Å². The first-order valence-electron chi connectivity index (χ1n) is 5.33. The molecule has 7 nitrogen and oxygen atoms in total. The van der Waals surface area contributed by atoms with E-state index in [-0.39, 0.29) is 23.9 Å². The number of benzene rings is 1. The molecule has 0 aromatic heterocycles. The predicted octanol–water partition coefficient (Wildman–Crippen LogP) is -1.08. The zero-order valence-electron chi connectivity index (χ0n) is 9.30. The van der Waals surface area contributed by atoms with Crippen LogP contribution in [0.4, 0.5) is 0 Å². The largest absolute Gasteiger partial charge is 0.508 e. The molecule has 1 saturated heterocycles. The molecule has 1 aliphatic rings. The Morgan fingerprint density at radius 2 is 1.83 bits per heavy atom. The zero-order valence-corrected chi connectivity index (χ0v) is 9.30. The Labute approximate surface area is 102 Å². The van der Waals surface area contributed by atoms with Crippen LogP contribution in [-0.4, -0.2) is 56.7 Å². The Bertz CT molecular complexity index is 422. The molecule has 1 aromatic carbocycles. The van der Waals surface area contributed by atoms with Gasteiger partial charge in [-0.15, -0.1) is 0 Å². The topological polar surface area (TPSA) is 120 Å². The SMILES string of the molecule is Oc1ccc(O)c(OC2OC[C@@H](O)[C@H](O)[C@H]2O)c1. The average molecular weight is 258 g/mol. The van der Waals surface area contributed by atoms with Gasteiger partial charge in [-0.3, -0.25) is 0 Å². The highest BCUT2D eigenvalue weighted by Crippen LogP contribution is 2.32. The average Bonchev–Trinajstić information content (AvgIpc) is 2.34. The molecule has 0 amide bonds. The normalized spacial score (nSPS) is 32.2. The van der Waals surface area contributed by atoms with Crippen LogP contribution in [0.3, 0.4) is 0 Å². The van der Waals surface area contributed by atoms with Crippen LogP contribution in [-0.2, 0) is 4.74 Å². The standard InChI is InChI=1S/C11H14O7/c12-5-1-2-6(13)8(3-5)18-11-10(16)9(15)7(14)4-17-11/h1-3,7,9-16H,4H2/t7-,9+,10-,11?/m1/s1. The quantitative estimate of drug-likeness (QED) is 0.428. The van der Waals surface area contributed by atoms with Gasteiger partial charge in [-0.25, -0.2) is 0 Å². The molecule has 1 unspecified atom stereocenters. The first-order chi connectivity index (χ1) is 8.49. The molecular weight excluding hydrogens is 244 g/mol. The van der Waals surface area contributed by atoms with Crippen molar-refractivity contribution in [3.8, 4) is 17.2 Å². The van der Waals surface area contributed by atoms with Gasteiger partial charge in [0.2, 0.25) is 6.29 Å². The van der Waals surface area contributed by atoms with Crippen molar-refractivity contribution in [3.05, 3.63) is 18.2 Å². The predicted molar refractivity (Wildman–Crippen MR) is 58.2 cm³/mol. The summed E-state index contributed by atoms with van der Waals surface area (Å²) in [5.41, 5.74) is 0. The number of aliphatic hydroxyl groups is 3. The summed E-state index contributed by atoms with van der Waals surface area (Å²) in [6.07, 6.45) is -5.30. The molecule has 1 aliphatic heterocycles. The van der Waals surface area contributed by atoms with Gasteiger partial charge in [-0.1, -0.05) is 0 Å². The zero-order chi connectivity index (χ0) is 13.3. The van der Waals surface area contributed by atoms with Crippen LogP contribution in [0, 0.1) is 0 Å². The van der Waals surface area contributed by atoms with E-state index >= 15 is 0 Å². The lowest BCUT2D eigenvalue weighted by Crippen LogP contribution is -2.54. The van der Waals surface area contributed by atoms with Crippen LogP contribution in [0.2, 0.25) is 0 Å². The Morgan fingerprint density at radius 1 is 1.11 bits per heavy atom. The van der Waals surface area contributed by atoms with Crippen molar-refractivity contribution in [2.24, 2.45) is 0 Å². The molecular formula is C11H14O7.